The van der Waals surface area contributed by atoms with E-state index in [-0.39, 0.29) is 18.1 Å². The lowest BCUT2D eigenvalue weighted by atomic mass is 9.99. The molecule has 1 saturated heterocycles. The van der Waals surface area contributed by atoms with Gasteiger partial charge in [0.05, 0.1) is 36.6 Å². The number of benzene rings is 1. The zero-order valence-corrected chi connectivity index (χ0v) is 15.3. The first kappa shape index (κ1) is 18.1. The molecule has 2 atom stereocenters. The molecule has 1 aromatic carbocycles. The first-order valence-electron chi connectivity index (χ1n) is 8.55. The maximum absolute atomic E-state index is 13.2. The molecule has 1 amide bonds. The number of carbonyl (C=O) groups excluding carboxylic acids is 1. The molecule has 2 heterocycles. The summed E-state index contributed by atoms with van der Waals surface area (Å²) in [6.45, 7) is 1.68. The molecule has 2 aromatic rings. The number of hydrogen-bond donors (Lipinski definition) is 0. The van der Waals surface area contributed by atoms with Gasteiger partial charge in [0.2, 0.25) is 0 Å². The minimum Gasteiger partial charge on any atom is -0.373 e. The molecular formula is C19H23N5O2. The van der Waals surface area contributed by atoms with Crippen molar-refractivity contribution in [3.05, 3.63) is 53.3 Å². The molecular weight excluding hydrogens is 330 g/mol. The van der Waals surface area contributed by atoms with Gasteiger partial charge in [-0.15, -0.1) is 0 Å². The smallest absolute Gasteiger partial charge is 0.254 e. The largest absolute Gasteiger partial charge is 0.373 e. The van der Waals surface area contributed by atoms with Crippen LogP contribution in [0.15, 0.2) is 36.7 Å². The second kappa shape index (κ2) is 7.68. The quantitative estimate of drug-likeness (QED) is 0.831. The summed E-state index contributed by atoms with van der Waals surface area (Å²) in [4.78, 5) is 17.1. The third-order valence-corrected chi connectivity index (χ3v) is 4.46. The summed E-state index contributed by atoms with van der Waals surface area (Å²) in [5.74, 6) is -0.0944. The van der Waals surface area contributed by atoms with Gasteiger partial charge in [0.1, 0.15) is 0 Å². The van der Waals surface area contributed by atoms with Gasteiger partial charge in [0.25, 0.3) is 5.91 Å². The molecule has 0 saturated carbocycles. The van der Waals surface area contributed by atoms with E-state index in [4.69, 9.17) is 10.00 Å². The molecule has 0 aliphatic carbocycles. The highest BCUT2D eigenvalue weighted by Crippen LogP contribution is 2.31. The zero-order valence-electron chi connectivity index (χ0n) is 15.3. The minimum absolute atomic E-state index is 0.0944. The van der Waals surface area contributed by atoms with Crippen molar-refractivity contribution in [2.24, 2.45) is 7.05 Å². The molecule has 7 heteroatoms. The maximum Gasteiger partial charge on any atom is 0.254 e. The van der Waals surface area contributed by atoms with Crippen molar-refractivity contribution < 1.29 is 9.53 Å². The Morgan fingerprint density at radius 3 is 2.92 bits per heavy atom. The minimum atomic E-state index is -0.224. The topological polar surface area (TPSA) is 74.4 Å². The van der Waals surface area contributed by atoms with Crippen LogP contribution < -0.4 is 0 Å². The highest BCUT2D eigenvalue weighted by molar-refractivity contribution is 5.95. The number of carbonyl (C=O) groups is 1. The van der Waals surface area contributed by atoms with Crippen LogP contribution in [0.5, 0.6) is 0 Å². The van der Waals surface area contributed by atoms with E-state index in [0.717, 1.165) is 5.56 Å². The van der Waals surface area contributed by atoms with Crippen LogP contribution in [-0.2, 0) is 11.8 Å². The first-order chi connectivity index (χ1) is 12.5. The Morgan fingerprint density at radius 1 is 1.46 bits per heavy atom. The molecule has 3 rings (SSSR count). The molecule has 0 N–H and O–H groups in total. The van der Waals surface area contributed by atoms with Gasteiger partial charge < -0.3 is 14.5 Å². The Labute approximate surface area is 153 Å². The van der Waals surface area contributed by atoms with Gasteiger partial charge in [-0.2, -0.15) is 10.4 Å². The summed E-state index contributed by atoms with van der Waals surface area (Å²) >= 11 is 0. The van der Waals surface area contributed by atoms with Gasteiger partial charge in [-0.25, -0.2) is 0 Å². The van der Waals surface area contributed by atoms with Crippen LogP contribution in [0, 0.1) is 11.3 Å². The lowest BCUT2D eigenvalue weighted by molar-refractivity contribution is -0.0684. The van der Waals surface area contributed by atoms with E-state index < -0.39 is 0 Å². The second-order valence-electron chi connectivity index (χ2n) is 6.75. The van der Waals surface area contributed by atoms with E-state index in [9.17, 15) is 4.79 Å². The number of rotatable bonds is 4. The van der Waals surface area contributed by atoms with Crippen LogP contribution in [0.4, 0.5) is 0 Å². The standard InChI is InChI=1S/C19H23N5O2/c1-22(2)13-17-18(16-11-21-23(3)12-16)24(7-8-26-17)19(25)15-6-4-5-14(9-15)10-20/h4-6,9,11-12,17-18H,7-8,13H2,1-3H3/t17-,18-/m0/s1. The van der Waals surface area contributed by atoms with Gasteiger partial charge >= 0.3 is 0 Å². The van der Waals surface area contributed by atoms with E-state index in [2.05, 4.69) is 16.1 Å². The first-order valence-corrected chi connectivity index (χ1v) is 8.55. The number of aromatic nitrogens is 2. The Balaban J connectivity index is 1.96. The monoisotopic (exact) mass is 353 g/mol. The Bertz CT molecular complexity index is 823. The van der Waals surface area contributed by atoms with E-state index in [1.54, 1.807) is 35.1 Å². The van der Waals surface area contributed by atoms with Crippen molar-refractivity contribution in [2.45, 2.75) is 12.1 Å². The van der Waals surface area contributed by atoms with Crippen LogP contribution in [0.2, 0.25) is 0 Å². The zero-order chi connectivity index (χ0) is 18.7. The van der Waals surface area contributed by atoms with Crippen molar-refractivity contribution in [1.29, 1.82) is 5.26 Å². The van der Waals surface area contributed by atoms with E-state index >= 15 is 0 Å². The molecule has 1 aliphatic heterocycles. The van der Waals surface area contributed by atoms with Crippen molar-refractivity contribution in [1.82, 2.24) is 19.6 Å². The fourth-order valence-corrected chi connectivity index (χ4v) is 3.35. The van der Waals surface area contributed by atoms with Gasteiger partial charge in [-0.1, -0.05) is 6.07 Å². The van der Waals surface area contributed by atoms with Crippen LogP contribution >= 0.6 is 0 Å². The van der Waals surface area contributed by atoms with Gasteiger partial charge in [0, 0.05) is 37.5 Å². The summed E-state index contributed by atoms with van der Waals surface area (Å²) < 4.78 is 7.73. The van der Waals surface area contributed by atoms with Crippen molar-refractivity contribution in [3.63, 3.8) is 0 Å². The molecule has 0 spiro atoms. The highest BCUT2D eigenvalue weighted by Gasteiger charge is 2.37. The second-order valence-corrected chi connectivity index (χ2v) is 6.75. The molecule has 26 heavy (non-hydrogen) atoms. The summed E-state index contributed by atoms with van der Waals surface area (Å²) in [5.41, 5.74) is 1.94. The summed E-state index contributed by atoms with van der Waals surface area (Å²) in [6.07, 6.45) is 3.56. The number of likely N-dealkylation sites (N-methyl/N-ethyl adjacent to an activating group) is 1. The molecule has 0 unspecified atom stereocenters. The van der Waals surface area contributed by atoms with E-state index in [0.29, 0.717) is 30.8 Å². The van der Waals surface area contributed by atoms with Crippen molar-refractivity contribution >= 4 is 5.91 Å². The number of ether oxygens (including phenoxy) is 1. The van der Waals surface area contributed by atoms with Crippen molar-refractivity contribution in [3.8, 4) is 6.07 Å². The molecule has 136 valence electrons. The summed E-state index contributed by atoms with van der Waals surface area (Å²) in [7, 11) is 5.83. The number of aryl methyl sites for hydroxylation is 1. The number of morpholine rings is 1. The fourth-order valence-electron chi connectivity index (χ4n) is 3.35. The summed E-state index contributed by atoms with van der Waals surface area (Å²) in [6, 6.07) is 8.69. The third kappa shape index (κ3) is 3.77. The van der Waals surface area contributed by atoms with Gasteiger partial charge in [0.15, 0.2) is 0 Å². The summed E-state index contributed by atoms with van der Waals surface area (Å²) in [5, 5.41) is 13.4. The predicted molar refractivity (Wildman–Crippen MR) is 96.4 cm³/mol. The number of amides is 1. The Morgan fingerprint density at radius 2 is 2.27 bits per heavy atom. The third-order valence-electron chi connectivity index (χ3n) is 4.46. The molecule has 0 bridgehead atoms. The van der Waals surface area contributed by atoms with Crippen LogP contribution in [0.3, 0.4) is 0 Å². The Kier molecular flexibility index (Phi) is 5.35. The van der Waals surface area contributed by atoms with E-state index in [1.807, 2.05) is 32.2 Å². The van der Waals surface area contributed by atoms with Crippen LogP contribution in [0.25, 0.3) is 0 Å². The fraction of sp³-hybridized carbons (Fsp3) is 0.421. The van der Waals surface area contributed by atoms with E-state index in [1.165, 1.54) is 0 Å². The van der Waals surface area contributed by atoms with Crippen molar-refractivity contribution in [2.75, 3.05) is 33.8 Å². The number of nitrogens with zero attached hydrogens (tertiary/aromatic N) is 5. The number of nitriles is 1. The molecule has 1 aliphatic rings. The van der Waals surface area contributed by atoms with Gasteiger partial charge in [-0.3, -0.25) is 9.48 Å². The average Bonchev–Trinajstić information content (AvgIpc) is 3.06. The lowest BCUT2D eigenvalue weighted by Gasteiger charge is -2.41. The molecule has 1 fully saturated rings. The Hall–Kier alpha value is -2.69. The van der Waals surface area contributed by atoms with Crippen LogP contribution in [-0.4, -0.2) is 65.4 Å². The van der Waals surface area contributed by atoms with Crippen LogP contribution in [0.1, 0.15) is 27.5 Å². The molecule has 7 nitrogen and oxygen atoms in total. The maximum atomic E-state index is 13.2. The SMILES string of the molecule is CN(C)C[C@@H]1OCCN(C(=O)c2cccc(C#N)c2)[C@H]1c1cnn(C)c1. The average molecular weight is 353 g/mol. The highest BCUT2D eigenvalue weighted by atomic mass is 16.5. The molecule has 1 aromatic heterocycles. The predicted octanol–water partition coefficient (Wildman–Crippen LogP) is 1.44. The molecule has 0 radical (unpaired) electrons. The van der Waals surface area contributed by atoms with Gasteiger partial charge in [-0.05, 0) is 32.3 Å². The normalized spacial score (nSPS) is 20.2. The number of hydrogen-bond acceptors (Lipinski definition) is 5. The lowest BCUT2D eigenvalue weighted by Crippen LogP contribution is -2.51.